The van der Waals surface area contributed by atoms with Crippen LogP contribution < -0.4 is 4.80 Å². The highest BCUT2D eigenvalue weighted by atomic mass is 35.5. The number of thiazole rings is 1. The average Bonchev–Trinajstić information content (AvgIpc) is 3.18. The predicted molar refractivity (Wildman–Crippen MR) is 101 cm³/mol. The molecule has 3 aromatic rings. The van der Waals surface area contributed by atoms with Crippen molar-refractivity contribution in [3.63, 3.8) is 0 Å². The maximum Gasteiger partial charge on any atom is 0.325 e. The van der Waals surface area contributed by atoms with E-state index in [4.69, 9.17) is 11.6 Å². The van der Waals surface area contributed by atoms with Crippen LogP contribution in [0.1, 0.15) is 0 Å². The molecule has 0 aliphatic heterocycles. The standard InChI is InChI=1S/C14H10ClN3O6S3/c1-24-12(19)7-17-9-3-2-8(18(20)21)6-10(9)25-14(17)16-27(22,23)13-5-4-11(15)26-13/h2-6H,7H2,1H3/b16-14-. The molecule has 0 bridgehead atoms. The van der Waals surface area contributed by atoms with Gasteiger partial charge in [0.2, 0.25) is 4.80 Å². The topological polar surface area (TPSA) is 121 Å². The van der Waals surface area contributed by atoms with Gasteiger partial charge in [0.15, 0.2) is 0 Å². The highest BCUT2D eigenvalue weighted by Gasteiger charge is 2.19. The van der Waals surface area contributed by atoms with Crippen molar-refractivity contribution in [1.29, 1.82) is 0 Å². The fraction of sp³-hybridized carbons (Fsp3) is 0.143. The van der Waals surface area contributed by atoms with Crippen LogP contribution in [0.4, 0.5) is 5.69 Å². The van der Waals surface area contributed by atoms with E-state index in [0.29, 0.717) is 10.2 Å². The Balaban J connectivity index is 2.25. The van der Waals surface area contributed by atoms with Crippen molar-refractivity contribution in [3.05, 3.63) is 49.6 Å². The SMILES string of the molecule is COC(=O)Cn1/c(=N/S(=O)(=O)c2ccc(Cl)s2)sc2cc([N+](=O)[O-])ccc21. The number of ether oxygens (including phenoxy) is 1. The summed E-state index contributed by atoms with van der Waals surface area (Å²) in [4.78, 5) is 22.1. The number of esters is 1. The van der Waals surface area contributed by atoms with Gasteiger partial charge in [-0.2, -0.15) is 8.42 Å². The fourth-order valence-corrected chi connectivity index (χ4v) is 5.90. The molecular weight excluding hydrogens is 438 g/mol. The molecule has 0 saturated carbocycles. The number of thiophene rings is 1. The number of methoxy groups -OCH3 is 1. The van der Waals surface area contributed by atoms with Crippen molar-refractivity contribution in [2.45, 2.75) is 10.8 Å². The fourth-order valence-electron chi connectivity index (χ4n) is 2.18. The number of carbonyl (C=O) groups excluding carboxylic acids is 1. The van der Waals surface area contributed by atoms with Crippen LogP contribution in [0.2, 0.25) is 4.34 Å². The molecule has 0 radical (unpaired) electrons. The number of benzene rings is 1. The van der Waals surface area contributed by atoms with Crippen LogP contribution in [0.3, 0.4) is 0 Å². The van der Waals surface area contributed by atoms with Crippen LogP contribution in [0.15, 0.2) is 38.9 Å². The third-order valence-electron chi connectivity index (χ3n) is 3.39. The molecule has 3 rings (SSSR count). The van der Waals surface area contributed by atoms with Gasteiger partial charge in [0.05, 0.1) is 26.6 Å². The highest BCUT2D eigenvalue weighted by Crippen LogP contribution is 2.27. The molecular formula is C14H10ClN3O6S3. The number of carbonyl (C=O) groups is 1. The second-order valence-corrected chi connectivity index (χ2v) is 9.64. The molecule has 0 fully saturated rings. The Kier molecular flexibility index (Phi) is 5.33. The maximum absolute atomic E-state index is 12.5. The number of halogens is 1. The van der Waals surface area contributed by atoms with Crippen LogP contribution >= 0.6 is 34.3 Å². The minimum atomic E-state index is -4.07. The van der Waals surface area contributed by atoms with Crippen molar-refractivity contribution in [1.82, 2.24) is 4.57 Å². The second kappa shape index (κ2) is 7.38. The van der Waals surface area contributed by atoms with Gasteiger partial charge in [-0.3, -0.25) is 14.9 Å². The van der Waals surface area contributed by atoms with Crippen LogP contribution in [0, 0.1) is 10.1 Å². The van der Waals surface area contributed by atoms with Crippen LogP contribution in [0.5, 0.6) is 0 Å². The summed E-state index contributed by atoms with van der Waals surface area (Å²) in [5.41, 5.74) is 0.266. The van der Waals surface area contributed by atoms with E-state index in [-0.39, 0.29) is 25.6 Å². The Morgan fingerprint density at radius 1 is 1.33 bits per heavy atom. The highest BCUT2D eigenvalue weighted by molar-refractivity contribution is 7.92. The second-order valence-electron chi connectivity index (χ2n) is 5.08. The average molecular weight is 448 g/mol. The van der Waals surface area contributed by atoms with E-state index in [0.717, 1.165) is 22.7 Å². The van der Waals surface area contributed by atoms with Crippen molar-refractivity contribution >= 4 is 66.2 Å². The van der Waals surface area contributed by atoms with E-state index >= 15 is 0 Å². The number of nitro groups is 1. The van der Waals surface area contributed by atoms with E-state index in [9.17, 15) is 23.3 Å². The summed E-state index contributed by atoms with van der Waals surface area (Å²) < 4.78 is 35.5. The van der Waals surface area contributed by atoms with E-state index in [1.54, 1.807) is 0 Å². The van der Waals surface area contributed by atoms with Crippen molar-refractivity contribution in [3.8, 4) is 0 Å². The summed E-state index contributed by atoms with van der Waals surface area (Å²) in [6, 6.07) is 6.75. The van der Waals surface area contributed by atoms with Crippen molar-refractivity contribution in [2.75, 3.05) is 7.11 Å². The molecule has 0 unspecified atom stereocenters. The lowest BCUT2D eigenvalue weighted by Gasteiger charge is -2.03. The summed E-state index contributed by atoms with van der Waals surface area (Å²) in [6.07, 6.45) is 0. The first kappa shape index (κ1) is 19.5. The molecule has 2 heterocycles. The van der Waals surface area contributed by atoms with Gasteiger partial charge in [-0.1, -0.05) is 22.9 Å². The lowest BCUT2D eigenvalue weighted by atomic mass is 10.3. The van der Waals surface area contributed by atoms with Gasteiger partial charge in [0, 0.05) is 12.1 Å². The Hall–Kier alpha value is -2.28. The Morgan fingerprint density at radius 2 is 2.07 bits per heavy atom. The predicted octanol–water partition coefficient (Wildman–Crippen LogP) is 2.79. The van der Waals surface area contributed by atoms with Gasteiger partial charge in [-0.25, -0.2) is 0 Å². The number of aromatic nitrogens is 1. The smallest absolute Gasteiger partial charge is 0.325 e. The molecule has 0 amide bonds. The number of nitro benzene ring substituents is 1. The van der Waals surface area contributed by atoms with Gasteiger partial charge in [0.1, 0.15) is 10.8 Å². The number of sulfonamides is 1. The summed E-state index contributed by atoms with van der Waals surface area (Å²) in [7, 11) is -2.87. The molecule has 0 N–H and O–H groups in total. The largest absolute Gasteiger partial charge is 0.468 e. The number of hydrogen-bond acceptors (Lipinski definition) is 8. The molecule has 0 atom stereocenters. The number of hydrogen-bond donors (Lipinski definition) is 0. The Bertz CT molecular complexity index is 1220. The lowest BCUT2D eigenvalue weighted by Crippen LogP contribution is -2.22. The summed E-state index contributed by atoms with van der Waals surface area (Å²) in [6.45, 7) is -0.298. The minimum absolute atomic E-state index is 0.0135. The summed E-state index contributed by atoms with van der Waals surface area (Å²) in [5.74, 6) is -0.619. The number of non-ortho nitro benzene ring substituents is 1. The van der Waals surface area contributed by atoms with E-state index in [1.807, 2.05) is 0 Å². The quantitative estimate of drug-likeness (QED) is 0.337. The zero-order chi connectivity index (χ0) is 19.8. The molecule has 27 heavy (non-hydrogen) atoms. The molecule has 0 aliphatic carbocycles. The molecule has 0 aliphatic rings. The van der Waals surface area contributed by atoms with Gasteiger partial charge in [-0.15, -0.1) is 15.7 Å². The summed E-state index contributed by atoms with van der Waals surface area (Å²) in [5, 5.41) is 11.0. The molecule has 1 aromatic carbocycles. The number of fused-ring (bicyclic) bond motifs is 1. The van der Waals surface area contributed by atoms with Crippen LogP contribution in [0.25, 0.3) is 10.2 Å². The van der Waals surface area contributed by atoms with Gasteiger partial charge < -0.3 is 9.30 Å². The van der Waals surface area contributed by atoms with Crippen LogP contribution in [-0.4, -0.2) is 31.0 Å². The van der Waals surface area contributed by atoms with E-state index < -0.39 is 20.9 Å². The van der Waals surface area contributed by atoms with E-state index in [2.05, 4.69) is 9.13 Å². The zero-order valence-corrected chi connectivity index (χ0v) is 16.7. The van der Waals surface area contributed by atoms with Crippen LogP contribution in [-0.2, 0) is 26.1 Å². The Morgan fingerprint density at radius 3 is 2.67 bits per heavy atom. The third-order valence-corrected chi connectivity index (χ3v) is 7.52. The third kappa shape index (κ3) is 4.03. The van der Waals surface area contributed by atoms with Gasteiger partial charge in [0.25, 0.3) is 15.7 Å². The van der Waals surface area contributed by atoms with Gasteiger partial charge in [-0.05, 0) is 18.2 Å². The number of rotatable bonds is 5. The number of nitrogens with zero attached hydrogens (tertiary/aromatic N) is 3. The molecule has 142 valence electrons. The lowest BCUT2D eigenvalue weighted by molar-refractivity contribution is -0.384. The minimum Gasteiger partial charge on any atom is -0.468 e. The first-order chi connectivity index (χ1) is 12.7. The molecule has 0 saturated heterocycles. The zero-order valence-electron chi connectivity index (χ0n) is 13.5. The Labute approximate surface area is 165 Å². The van der Waals surface area contributed by atoms with E-state index in [1.165, 1.54) is 42.0 Å². The molecule has 2 aromatic heterocycles. The van der Waals surface area contributed by atoms with Crippen molar-refractivity contribution in [2.24, 2.45) is 4.40 Å². The molecule has 0 spiro atoms. The van der Waals surface area contributed by atoms with Crippen molar-refractivity contribution < 1.29 is 22.9 Å². The normalized spacial score (nSPS) is 12.4. The molecule has 9 nitrogen and oxygen atoms in total. The molecule has 13 heteroatoms. The summed E-state index contributed by atoms with van der Waals surface area (Å²) >= 11 is 7.55. The van der Waals surface area contributed by atoms with Gasteiger partial charge >= 0.3 is 5.97 Å². The first-order valence-electron chi connectivity index (χ1n) is 7.12. The first-order valence-corrected chi connectivity index (χ1v) is 10.6. The monoisotopic (exact) mass is 447 g/mol. The maximum atomic E-state index is 12.5.